The number of carbonyl (C=O) groups is 2. The topological polar surface area (TPSA) is 85.6 Å². The Morgan fingerprint density at radius 3 is 2.27 bits per heavy atom. The van der Waals surface area contributed by atoms with Crippen LogP contribution < -0.4 is 5.56 Å². The summed E-state index contributed by atoms with van der Waals surface area (Å²) >= 11 is 0. The molecular formula is C20H23NO5. The van der Waals surface area contributed by atoms with Crippen LogP contribution in [0, 0.1) is 13.8 Å². The lowest BCUT2D eigenvalue weighted by Crippen LogP contribution is -2.32. The summed E-state index contributed by atoms with van der Waals surface area (Å²) in [5.74, 6) is -1.94. The maximum absolute atomic E-state index is 12.4. The zero-order chi connectivity index (χ0) is 19.6. The molecule has 0 aliphatic heterocycles. The summed E-state index contributed by atoms with van der Waals surface area (Å²) in [6, 6.07) is 7.03. The van der Waals surface area contributed by atoms with E-state index in [1.165, 1.54) is 12.3 Å². The van der Waals surface area contributed by atoms with E-state index >= 15 is 0 Å². The number of carboxylic acids is 1. The third-order valence-corrected chi connectivity index (χ3v) is 3.88. The van der Waals surface area contributed by atoms with Crippen molar-refractivity contribution in [3.05, 3.63) is 57.5 Å². The van der Waals surface area contributed by atoms with Gasteiger partial charge in [0.15, 0.2) is 0 Å². The summed E-state index contributed by atoms with van der Waals surface area (Å²) in [5.41, 5.74) is 1.66. The summed E-state index contributed by atoms with van der Waals surface area (Å²) in [5, 5.41) is 9.35. The Morgan fingerprint density at radius 1 is 1.08 bits per heavy atom. The van der Waals surface area contributed by atoms with Gasteiger partial charge in [-0.2, -0.15) is 0 Å². The van der Waals surface area contributed by atoms with Crippen molar-refractivity contribution in [2.75, 3.05) is 0 Å². The normalized spacial score (nSPS) is 11.3. The SMILES string of the molecule is Cc1ccc(-c2cc(C(=O)O)c(=O)n(CC(=O)OC(C)(C)C)c2)cc1C. The molecule has 6 nitrogen and oxygen atoms in total. The minimum atomic E-state index is -1.33. The molecule has 1 aromatic carbocycles. The Bertz CT molecular complexity index is 919. The second-order valence-corrected chi connectivity index (χ2v) is 7.27. The van der Waals surface area contributed by atoms with Crippen molar-refractivity contribution in [1.29, 1.82) is 0 Å². The molecule has 0 fully saturated rings. The van der Waals surface area contributed by atoms with Crippen LogP contribution in [0.5, 0.6) is 0 Å². The van der Waals surface area contributed by atoms with E-state index in [1.807, 2.05) is 32.0 Å². The standard InChI is InChI=1S/C20H23NO5/c1-12-6-7-14(8-13(12)2)15-9-16(19(24)25)18(23)21(10-15)11-17(22)26-20(3,4)5/h6-10H,11H2,1-5H3,(H,24,25). The number of aromatic nitrogens is 1. The molecule has 0 saturated heterocycles. The Balaban J connectivity index is 2.52. The highest BCUT2D eigenvalue weighted by Gasteiger charge is 2.20. The van der Waals surface area contributed by atoms with Gasteiger partial charge in [-0.15, -0.1) is 0 Å². The largest absolute Gasteiger partial charge is 0.477 e. The number of esters is 1. The second-order valence-electron chi connectivity index (χ2n) is 7.27. The van der Waals surface area contributed by atoms with Crippen molar-refractivity contribution in [2.45, 2.75) is 46.8 Å². The van der Waals surface area contributed by atoms with Crippen molar-refractivity contribution < 1.29 is 19.4 Å². The van der Waals surface area contributed by atoms with Crippen LogP contribution in [-0.2, 0) is 16.1 Å². The van der Waals surface area contributed by atoms with E-state index < -0.39 is 23.1 Å². The van der Waals surface area contributed by atoms with Gasteiger partial charge in [-0.25, -0.2) is 4.79 Å². The van der Waals surface area contributed by atoms with Crippen molar-refractivity contribution in [3.63, 3.8) is 0 Å². The average molecular weight is 357 g/mol. The number of benzene rings is 1. The highest BCUT2D eigenvalue weighted by molar-refractivity contribution is 5.89. The van der Waals surface area contributed by atoms with Crippen molar-refractivity contribution >= 4 is 11.9 Å². The quantitative estimate of drug-likeness (QED) is 0.850. The van der Waals surface area contributed by atoms with Crippen molar-refractivity contribution in [1.82, 2.24) is 4.57 Å². The maximum Gasteiger partial charge on any atom is 0.341 e. The molecule has 0 aliphatic rings. The molecule has 1 heterocycles. The molecule has 138 valence electrons. The molecule has 0 saturated carbocycles. The van der Waals surface area contributed by atoms with E-state index in [4.69, 9.17) is 4.74 Å². The summed E-state index contributed by atoms with van der Waals surface area (Å²) in [4.78, 5) is 35.9. The molecule has 1 aromatic heterocycles. The molecule has 6 heteroatoms. The van der Waals surface area contributed by atoms with Crippen LogP contribution in [-0.4, -0.2) is 27.2 Å². The number of rotatable bonds is 4. The Morgan fingerprint density at radius 2 is 1.73 bits per heavy atom. The van der Waals surface area contributed by atoms with E-state index in [0.717, 1.165) is 21.3 Å². The smallest absolute Gasteiger partial charge is 0.341 e. The van der Waals surface area contributed by atoms with Gasteiger partial charge in [-0.3, -0.25) is 9.59 Å². The number of hydrogen-bond donors (Lipinski definition) is 1. The van der Waals surface area contributed by atoms with Crippen molar-refractivity contribution in [3.8, 4) is 11.1 Å². The lowest BCUT2D eigenvalue weighted by molar-refractivity contribution is -0.155. The van der Waals surface area contributed by atoms with E-state index in [9.17, 15) is 19.5 Å². The van der Waals surface area contributed by atoms with Crippen LogP contribution in [0.1, 0.15) is 42.3 Å². The third-order valence-electron chi connectivity index (χ3n) is 3.88. The van der Waals surface area contributed by atoms with Gasteiger partial charge in [0.2, 0.25) is 0 Å². The molecule has 0 amide bonds. The Labute approximate surface area is 152 Å². The van der Waals surface area contributed by atoms with E-state index in [2.05, 4.69) is 0 Å². The van der Waals surface area contributed by atoms with Gasteiger partial charge in [0, 0.05) is 6.20 Å². The zero-order valence-electron chi connectivity index (χ0n) is 15.6. The molecule has 26 heavy (non-hydrogen) atoms. The van der Waals surface area contributed by atoms with Gasteiger partial charge in [0.25, 0.3) is 5.56 Å². The maximum atomic E-state index is 12.4. The molecule has 0 aliphatic carbocycles. The molecule has 0 spiro atoms. The minimum absolute atomic E-state index is 0.352. The summed E-state index contributed by atoms with van der Waals surface area (Å²) in [6.45, 7) is 8.75. The number of aryl methyl sites for hydroxylation is 2. The first-order valence-electron chi connectivity index (χ1n) is 8.25. The van der Waals surface area contributed by atoms with Gasteiger partial charge in [0.05, 0.1) is 0 Å². The van der Waals surface area contributed by atoms with Crippen LogP contribution >= 0.6 is 0 Å². The van der Waals surface area contributed by atoms with Crippen LogP contribution in [0.3, 0.4) is 0 Å². The number of nitrogens with zero attached hydrogens (tertiary/aromatic N) is 1. The average Bonchev–Trinajstić information content (AvgIpc) is 2.50. The number of pyridine rings is 1. The first-order valence-corrected chi connectivity index (χ1v) is 8.25. The molecule has 2 rings (SSSR count). The van der Waals surface area contributed by atoms with Crippen molar-refractivity contribution in [2.24, 2.45) is 0 Å². The predicted molar refractivity (Wildman–Crippen MR) is 98.4 cm³/mol. The van der Waals surface area contributed by atoms with Gasteiger partial charge in [-0.1, -0.05) is 18.2 Å². The lowest BCUT2D eigenvalue weighted by atomic mass is 10.0. The number of ether oxygens (including phenoxy) is 1. The molecule has 0 bridgehead atoms. The van der Waals surface area contributed by atoms with Crippen LogP contribution in [0.2, 0.25) is 0 Å². The lowest BCUT2D eigenvalue weighted by Gasteiger charge is -2.20. The second kappa shape index (κ2) is 7.15. The summed E-state index contributed by atoms with van der Waals surface area (Å²) in [7, 11) is 0. The number of carboxylic acid groups (broad SMARTS) is 1. The third kappa shape index (κ3) is 4.59. The highest BCUT2D eigenvalue weighted by Crippen LogP contribution is 2.22. The van der Waals surface area contributed by atoms with Gasteiger partial charge >= 0.3 is 11.9 Å². The predicted octanol–water partition coefficient (Wildman–Crippen LogP) is 3.17. The van der Waals surface area contributed by atoms with Crippen LogP contribution in [0.15, 0.2) is 35.3 Å². The van der Waals surface area contributed by atoms with Crippen LogP contribution in [0.25, 0.3) is 11.1 Å². The molecule has 0 radical (unpaired) electrons. The first kappa shape index (κ1) is 19.4. The fourth-order valence-corrected chi connectivity index (χ4v) is 2.50. The first-order chi connectivity index (χ1) is 12.0. The minimum Gasteiger partial charge on any atom is -0.477 e. The molecule has 0 atom stereocenters. The number of carbonyl (C=O) groups excluding carboxylic acids is 1. The van der Waals surface area contributed by atoms with E-state index in [-0.39, 0.29) is 12.1 Å². The molecule has 0 unspecified atom stereocenters. The Kier molecular flexibility index (Phi) is 5.35. The molecule has 2 aromatic rings. The molecular weight excluding hydrogens is 334 g/mol. The van der Waals surface area contributed by atoms with Gasteiger partial charge < -0.3 is 14.4 Å². The fraction of sp³-hybridized carbons (Fsp3) is 0.350. The fourth-order valence-electron chi connectivity index (χ4n) is 2.50. The zero-order valence-corrected chi connectivity index (χ0v) is 15.6. The summed E-state index contributed by atoms with van der Waals surface area (Å²) in [6.07, 6.45) is 1.49. The molecule has 1 N–H and O–H groups in total. The highest BCUT2D eigenvalue weighted by atomic mass is 16.6. The summed E-state index contributed by atoms with van der Waals surface area (Å²) < 4.78 is 6.32. The van der Waals surface area contributed by atoms with Gasteiger partial charge in [-0.05, 0) is 62.9 Å². The monoisotopic (exact) mass is 357 g/mol. The van der Waals surface area contributed by atoms with Gasteiger partial charge in [0.1, 0.15) is 17.7 Å². The van der Waals surface area contributed by atoms with Crippen LogP contribution in [0.4, 0.5) is 0 Å². The number of aromatic carboxylic acids is 1. The number of hydrogen-bond acceptors (Lipinski definition) is 4. The van der Waals surface area contributed by atoms with E-state index in [1.54, 1.807) is 20.8 Å². The van der Waals surface area contributed by atoms with E-state index in [0.29, 0.717) is 5.56 Å². The Hall–Kier alpha value is -2.89.